The first kappa shape index (κ1) is 19.0. The summed E-state index contributed by atoms with van der Waals surface area (Å²) in [6, 6.07) is 13.4. The SMILES string of the molecule is O=C(C1CN(C(=O)c2cc3cc(F)ccc3s2)c2ccccc2O1)N1CCOCC1. The van der Waals surface area contributed by atoms with Gasteiger partial charge in [0.25, 0.3) is 11.8 Å². The molecule has 2 amide bonds. The van der Waals surface area contributed by atoms with Crippen LogP contribution in [-0.2, 0) is 9.53 Å². The lowest BCUT2D eigenvalue weighted by Gasteiger charge is -2.37. The van der Waals surface area contributed by atoms with E-state index in [1.54, 1.807) is 34.1 Å². The van der Waals surface area contributed by atoms with Crippen molar-refractivity contribution in [3.63, 3.8) is 0 Å². The van der Waals surface area contributed by atoms with Gasteiger partial charge in [0.15, 0.2) is 6.10 Å². The van der Waals surface area contributed by atoms with Gasteiger partial charge in [0.05, 0.1) is 30.3 Å². The van der Waals surface area contributed by atoms with Crippen LogP contribution in [0.15, 0.2) is 48.5 Å². The van der Waals surface area contributed by atoms with E-state index in [0.717, 1.165) is 4.70 Å². The van der Waals surface area contributed by atoms with Gasteiger partial charge in [-0.3, -0.25) is 14.5 Å². The summed E-state index contributed by atoms with van der Waals surface area (Å²) in [7, 11) is 0. The van der Waals surface area contributed by atoms with Crippen LogP contribution in [0, 0.1) is 5.82 Å². The van der Waals surface area contributed by atoms with Crippen LogP contribution in [0.4, 0.5) is 10.1 Å². The monoisotopic (exact) mass is 426 g/mol. The molecule has 1 aromatic heterocycles. The normalized spacial score (nSPS) is 18.8. The Morgan fingerprint density at radius 2 is 1.87 bits per heavy atom. The maximum atomic E-state index is 13.6. The fourth-order valence-corrected chi connectivity index (χ4v) is 4.79. The van der Waals surface area contributed by atoms with E-state index < -0.39 is 6.10 Å². The lowest BCUT2D eigenvalue weighted by atomic mass is 10.1. The summed E-state index contributed by atoms with van der Waals surface area (Å²) in [5.74, 6) is -0.223. The van der Waals surface area contributed by atoms with Gasteiger partial charge in [0.1, 0.15) is 11.6 Å². The van der Waals surface area contributed by atoms with Crippen molar-refractivity contribution < 1.29 is 23.5 Å². The standard InChI is InChI=1S/C22H19FN2O4S/c23-15-5-6-19-14(11-15)12-20(30-19)22(27)25-13-18(21(26)24-7-9-28-10-8-24)29-17-4-2-1-3-16(17)25/h1-6,11-12,18H,7-10,13H2. The summed E-state index contributed by atoms with van der Waals surface area (Å²) in [4.78, 5) is 30.2. The summed E-state index contributed by atoms with van der Waals surface area (Å²) in [6.07, 6.45) is -0.784. The van der Waals surface area contributed by atoms with Gasteiger partial charge in [0, 0.05) is 17.8 Å². The highest BCUT2D eigenvalue weighted by Crippen LogP contribution is 2.36. The minimum Gasteiger partial charge on any atom is -0.476 e. The molecule has 1 saturated heterocycles. The molecule has 3 aromatic rings. The van der Waals surface area contributed by atoms with Crippen LogP contribution < -0.4 is 9.64 Å². The van der Waals surface area contributed by atoms with Crippen molar-refractivity contribution in [2.24, 2.45) is 0 Å². The van der Waals surface area contributed by atoms with E-state index in [-0.39, 0.29) is 24.2 Å². The number of nitrogens with zero attached hydrogens (tertiary/aromatic N) is 2. The maximum Gasteiger partial charge on any atom is 0.268 e. The quantitative estimate of drug-likeness (QED) is 0.631. The van der Waals surface area contributed by atoms with Gasteiger partial charge < -0.3 is 14.4 Å². The van der Waals surface area contributed by atoms with E-state index in [4.69, 9.17) is 9.47 Å². The molecule has 0 N–H and O–H groups in total. The summed E-state index contributed by atoms with van der Waals surface area (Å²) in [5, 5.41) is 0.686. The Bertz CT molecular complexity index is 1130. The van der Waals surface area contributed by atoms with E-state index in [2.05, 4.69) is 0 Å². The van der Waals surface area contributed by atoms with Gasteiger partial charge in [-0.2, -0.15) is 0 Å². The average Bonchev–Trinajstić information content (AvgIpc) is 3.21. The number of rotatable bonds is 2. The molecule has 0 bridgehead atoms. The third-order valence-electron chi connectivity index (χ3n) is 5.31. The van der Waals surface area contributed by atoms with Crippen molar-refractivity contribution in [3.8, 4) is 5.75 Å². The number of benzene rings is 2. The fourth-order valence-electron chi connectivity index (χ4n) is 3.80. The zero-order valence-corrected chi connectivity index (χ0v) is 16.9. The Kier molecular flexibility index (Phi) is 4.88. The van der Waals surface area contributed by atoms with Crippen LogP contribution in [0.1, 0.15) is 9.67 Å². The Morgan fingerprint density at radius 3 is 2.70 bits per heavy atom. The summed E-state index contributed by atoms with van der Waals surface area (Å²) in [6.45, 7) is 2.13. The molecule has 3 heterocycles. The Labute approximate surface area is 176 Å². The lowest BCUT2D eigenvalue weighted by Crippen LogP contribution is -2.54. The Morgan fingerprint density at radius 1 is 1.07 bits per heavy atom. The molecule has 1 atom stereocenters. The highest BCUT2D eigenvalue weighted by molar-refractivity contribution is 7.20. The van der Waals surface area contributed by atoms with Crippen molar-refractivity contribution in [2.45, 2.75) is 6.10 Å². The number of carbonyl (C=O) groups excluding carboxylic acids is 2. The van der Waals surface area contributed by atoms with Crippen molar-refractivity contribution in [1.82, 2.24) is 4.90 Å². The predicted octanol–water partition coefficient (Wildman–Crippen LogP) is 3.31. The second-order valence-corrected chi connectivity index (χ2v) is 8.30. The largest absolute Gasteiger partial charge is 0.476 e. The number of thiophene rings is 1. The molecular formula is C22H19FN2O4S. The van der Waals surface area contributed by atoms with Gasteiger partial charge in [-0.05, 0) is 41.8 Å². The minimum absolute atomic E-state index is 0.120. The van der Waals surface area contributed by atoms with Gasteiger partial charge in [0.2, 0.25) is 0 Å². The predicted molar refractivity (Wildman–Crippen MR) is 112 cm³/mol. The third kappa shape index (κ3) is 3.42. The molecule has 0 spiro atoms. The van der Waals surface area contributed by atoms with Crippen LogP contribution >= 0.6 is 11.3 Å². The number of carbonyl (C=O) groups is 2. The Hall–Kier alpha value is -2.97. The summed E-state index contributed by atoms with van der Waals surface area (Å²) < 4.78 is 25.7. The van der Waals surface area contributed by atoms with E-state index in [9.17, 15) is 14.0 Å². The smallest absolute Gasteiger partial charge is 0.268 e. The number of amides is 2. The topological polar surface area (TPSA) is 59.1 Å². The zero-order chi connectivity index (χ0) is 20.7. The highest BCUT2D eigenvalue weighted by Gasteiger charge is 2.37. The molecular weight excluding hydrogens is 407 g/mol. The second kappa shape index (κ2) is 7.70. The number of halogens is 1. The van der Waals surface area contributed by atoms with Crippen LogP contribution in [0.25, 0.3) is 10.1 Å². The van der Waals surface area contributed by atoms with Crippen molar-refractivity contribution in [2.75, 3.05) is 37.7 Å². The molecule has 1 unspecified atom stereocenters. The van der Waals surface area contributed by atoms with E-state index in [1.165, 1.54) is 23.5 Å². The fraction of sp³-hybridized carbons (Fsp3) is 0.273. The minimum atomic E-state index is -0.784. The van der Waals surface area contributed by atoms with Crippen molar-refractivity contribution in [1.29, 1.82) is 0 Å². The molecule has 2 aliphatic rings. The molecule has 2 aromatic carbocycles. The number of ether oxygens (including phenoxy) is 2. The van der Waals surface area contributed by atoms with Gasteiger partial charge in [-0.1, -0.05) is 12.1 Å². The molecule has 1 fully saturated rings. The van der Waals surface area contributed by atoms with Crippen molar-refractivity contribution in [3.05, 3.63) is 59.2 Å². The van der Waals surface area contributed by atoms with Gasteiger partial charge >= 0.3 is 0 Å². The van der Waals surface area contributed by atoms with E-state index in [1.807, 2.05) is 12.1 Å². The van der Waals surface area contributed by atoms with Crippen LogP contribution in [-0.4, -0.2) is 55.7 Å². The third-order valence-corrected chi connectivity index (χ3v) is 6.41. The number of hydrogen-bond acceptors (Lipinski definition) is 5. The molecule has 6 nitrogen and oxygen atoms in total. The number of fused-ring (bicyclic) bond motifs is 2. The van der Waals surface area contributed by atoms with E-state index >= 15 is 0 Å². The molecule has 0 aliphatic carbocycles. The highest BCUT2D eigenvalue weighted by atomic mass is 32.1. The molecule has 0 saturated carbocycles. The molecule has 8 heteroatoms. The summed E-state index contributed by atoms with van der Waals surface area (Å²) in [5.41, 5.74) is 0.622. The molecule has 154 valence electrons. The first-order chi connectivity index (χ1) is 14.6. The first-order valence-electron chi connectivity index (χ1n) is 9.73. The maximum absolute atomic E-state index is 13.6. The number of anilines is 1. The summed E-state index contributed by atoms with van der Waals surface area (Å²) >= 11 is 1.31. The lowest BCUT2D eigenvalue weighted by molar-refractivity contribution is -0.142. The van der Waals surface area contributed by atoms with Crippen molar-refractivity contribution >= 4 is 38.9 Å². The number of hydrogen-bond donors (Lipinski definition) is 0. The number of morpholine rings is 1. The molecule has 5 rings (SSSR count). The van der Waals surface area contributed by atoms with Crippen LogP contribution in [0.2, 0.25) is 0 Å². The molecule has 30 heavy (non-hydrogen) atoms. The average molecular weight is 426 g/mol. The molecule has 2 aliphatic heterocycles. The zero-order valence-electron chi connectivity index (χ0n) is 16.0. The second-order valence-electron chi connectivity index (χ2n) is 7.22. The van der Waals surface area contributed by atoms with Crippen LogP contribution in [0.5, 0.6) is 5.75 Å². The number of para-hydroxylation sites is 2. The Balaban J connectivity index is 1.47. The van der Waals surface area contributed by atoms with Gasteiger partial charge in [-0.25, -0.2) is 4.39 Å². The van der Waals surface area contributed by atoms with E-state index in [0.29, 0.717) is 48.0 Å². The first-order valence-corrected chi connectivity index (χ1v) is 10.5. The van der Waals surface area contributed by atoms with Gasteiger partial charge in [-0.15, -0.1) is 11.3 Å². The molecule has 0 radical (unpaired) electrons. The van der Waals surface area contributed by atoms with Crippen LogP contribution in [0.3, 0.4) is 0 Å².